The van der Waals surface area contributed by atoms with Gasteiger partial charge in [-0.05, 0) is 58.6 Å². The third-order valence-corrected chi connectivity index (χ3v) is 5.95. The Morgan fingerprint density at radius 1 is 1.06 bits per heavy atom. The predicted octanol–water partition coefficient (Wildman–Crippen LogP) is 5.09. The molecule has 8 nitrogen and oxygen atoms in total. The van der Waals surface area contributed by atoms with Crippen LogP contribution in [0, 0.1) is 0 Å². The van der Waals surface area contributed by atoms with Gasteiger partial charge in [-0.1, -0.05) is 23.7 Å². The zero-order chi connectivity index (χ0) is 23.6. The molecule has 0 atom stereocenters. The van der Waals surface area contributed by atoms with E-state index < -0.39 is 5.60 Å². The van der Waals surface area contributed by atoms with E-state index in [1.807, 2.05) is 20.8 Å². The molecule has 2 heterocycles. The van der Waals surface area contributed by atoms with Crippen LogP contribution in [0.4, 0.5) is 10.6 Å². The molecule has 1 aromatic carbocycles. The van der Waals surface area contributed by atoms with Crippen LogP contribution in [0.25, 0.3) is 11.0 Å². The summed E-state index contributed by atoms with van der Waals surface area (Å²) in [5, 5.41) is 7.49. The van der Waals surface area contributed by atoms with Gasteiger partial charge in [0.25, 0.3) is 0 Å². The number of fused-ring (bicyclic) bond motifs is 1. The number of halogens is 1. The number of ether oxygens (including phenoxy) is 1. The van der Waals surface area contributed by atoms with E-state index in [0.717, 1.165) is 25.7 Å². The fourth-order valence-corrected chi connectivity index (χ4v) is 4.31. The molecular formula is C24H28ClN5O3. The number of alkyl carbamates (subject to hydrolysis) is 1. The summed E-state index contributed by atoms with van der Waals surface area (Å²) in [5.74, 6) is 0.426. The Morgan fingerprint density at radius 2 is 1.76 bits per heavy atom. The van der Waals surface area contributed by atoms with Crippen LogP contribution in [0.5, 0.6) is 0 Å². The van der Waals surface area contributed by atoms with Crippen LogP contribution in [0.15, 0.2) is 36.8 Å². The van der Waals surface area contributed by atoms with E-state index in [4.69, 9.17) is 16.3 Å². The summed E-state index contributed by atoms with van der Waals surface area (Å²) < 4.78 is 5.36. The quantitative estimate of drug-likeness (QED) is 0.449. The van der Waals surface area contributed by atoms with Crippen molar-refractivity contribution in [3.05, 3.63) is 52.9 Å². The number of aromatic nitrogens is 3. The monoisotopic (exact) mass is 469 g/mol. The number of H-pyrrole nitrogens is 1. The lowest BCUT2D eigenvalue weighted by Crippen LogP contribution is -2.42. The van der Waals surface area contributed by atoms with E-state index in [0.29, 0.717) is 33.0 Å². The number of hydrogen-bond acceptors (Lipinski definition) is 6. The van der Waals surface area contributed by atoms with Gasteiger partial charge in [0.15, 0.2) is 5.78 Å². The molecule has 1 aliphatic carbocycles. The van der Waals surface area contributed by atoms with Crippen LogP contribution in [0.1, 0.15) is 62.4 Å². The van der Waals surface area contributed by atoms with Crippen molar-refractivity contribution in [2.24, 2.45) is 0 Å². The van der Waals surface area contributed by atoms with Crippen LogP contribution >= 0.6 is 11.6 Å². The van der Waals surface area contributed by atoms with Crippen LogP contribution in [0.3, 0.4) is 0 Å². The molecule has 1 fully saturated rings. The number of rotatable bonds is 5. The maximum Gasteiger partial charge on any atom is 0.407 e. The Hall–Kier alpha value is -3.13. The smallest absolute Gasteiger partial charge is 0.407 e. The van der Waals surface area contributed by atoms with E-state index in [2.05, 4.69) is 25.6 Å². The minimum atomic E-state index is -0.517. The van der Waals surface area contributed by atoms with Crippen molar-refractivity contribution in [2.75, 3.05) is 5.32 Å². The third-order valence-electron chi connectivity index (χ3n) is 5.62. The number of hydrogen-bond donors (Lipinski definition) is 3. The minimum Gasteiger partial charge on any atom is -0.444 e. The number of carbonyl (C=O) groups is 2. The van der Waals surface area contributed by atoms with Gasteiger partial charge in [-0.25, -0.2) is 14.8 Å². The Labute approximate surface area is 197 Å². The lowest BCUT2D eigenvalue weighted by atomic mass is 9.91. The van der Waals surface area contributed by atoms with E-state index in [-0.39, 0.29) is 24.0 Å². The largest absolute Gasteiger partial charge is 0.444 e. The number of benzene rings is 1. The van der Waals surface area contributed by atoms with E-state index in [9.17, 15) is 9.59 Å². The number of anilines is 1. The van der Waals surface area contributed by atoms with Gasteiger partial charge in [-0.2, -0.15) is 0 Å². The van der Waals surface area contributed by atoms with Crippen molar-refractivity contribution in [3.8, 4) is 0 Å². The van der Waals surface area contributed by atoms with Crippen molar-refractivity contribution in [2.45, 2.75) is 64.1 Å². The Morgan fingerprint density at radius 3 is 2.45 bits per heavy atom. The van der Waals surface area contributed by atoms with Gasteiger partial charge in [0.2, 0.25) is 0 Å². The normalized spacial score (nSPS) is 18.7. The van der Waals surface area contributed by atoms with Crippen LogP contribution < -0.4 is 10.6 Å². The number of ketones is 1. The molecule has 2 aromatic heterocycles. The highest BCUT2D eigenvalue weighted by Crippen LogP contribution is 2.30. The molecule has 0 spiro atoms. The number of carbonyl (C=O) groups excluding carboxylic acids is 2. The number of nitrogens with one attached hydrogen (secondary N) is 3. The lowest BCUT2D eigenvalue weighted by Gasteiger charge is -2.30. The second-order valence-electron chi connectivity index (χ2n) is 9.30. The fraction of sp³-hybridized carbons (Fsp3) is 0.417. The first-order valence-corrected chi connectivity index (χ1v) is 11.5. The Balaban J connectivity index is 1.46. The SMILES string of the molecule is CC(C)(C)OC(=O)NC1CCC(Nc2ncnc3[nH]cc(C(=O)c4ccccc4Cl)c23)CC1. The highest BCUT2D eigenvalue weighted by Gasteiger charge is 2.26. The Bertz CT molecular complexity index is 1160. The third kappa shape index (κ3) is 5.45. The topological polar surface area (TPSA) is 109 Å². The van der Waals surface area contributed by atoms with Gasteiger partial charge in [-0.15, -0.1) is 0 Å². The molecule has 174 valence electrons. The van der Waals surface area contributed by atoms with Gasteiger partial charge < -0.3 is 20.4 Å². The summed E-state index contributed by atoms with van der Waals surface area (Å²) in [6, 6.07) is 7.22. The van der Waals surface area contributed by atoms with E-state index in [1.54, 1.807) is 30.5 Å². The van der Waals surface area contributed by atoms with Crippen molar-refractivity contribution in [3.63, 3.8) is 0 Å². The number of amides is 1. The molecule has 3 aromatic rings. The maximum atomic E-state index is 13.2. The van der Waals surface area contributed by atoms with Gasteiger partial charge >= 0.3 is 6.09 Å². The first kappa shape index (κ1) is 23.0. The van der Waals surface area contributed by atoms with Crippen molar-refractivity contribution in [1.82, 2.24) is 20.3 Å². The number of nitrogens with zero attached hydrogens (tertiary/aromatic N) is 2. The van der Waals surface area contributed by atoms with Crippen LogP contribution in [0.2, 0.25) is 5.02 Å². The van der Waals surface area contributed by atoms with Gasteiger partial charge in [0.05, 0.1) is 16.0 Å². The summed E-state index contributed by atoms with van der Waals surface area (Å²) in [6.07, 6.45) is 6.09. The molecule has 0 saturated heterocycles. The van der Waals surface area contributed by atoms with E-state index in [1.165, 1.54) is 6.33 Å². The maximum absolute atomic E-state index is 13.2. The average molecular weight is 470 g/mol. The molecule has 0 aliphatic heterocycles. The molecule has 0 bridgehead atoms. The molecule has 0 radical (unpaired) electrons. The average Bonchev–Trinajstić information content (AvgIpc) is 3.19. The zero-order valence-electron chi connectivity index (χ0n) is 18.9. The minimum absolute atomic E-state index is 0.0768. The molecule has 3 N–H and O–H groups in total. The highest BCUT2D eigenvalue weighted by molar-refractivity contribution is 6.35. The van der Waals surface area contributed by atoms with Crippen molar-refractivity contribution >= 4 is 40.3 Å². The molecule has 1 aliphatic rings. The number of aromatic amines is 1. The van der Waals surface area contributed by atoms with Gasteiger partial charge in [0, 0.05) is 23.8 Å². The second kappa shape index (κ2) is 9.39. The molecule has 4 rings (SSSR count). The summed E-state index contributed by atoms with van der Waals surface area (Å²) in [5.41, 5.74) is 0.977. The fourth-order valence-electron chi connectivity index (χ4n) is 4.09. The zero-order valence-corrected chi connectivity index (χ0v) is 19.7. The molecule has 0 unspecified atom stereocenters. The summed E-state index contributed by atoms with van der Waals surface area (Å²) >= 11 is 6.25. The van der Waals surface area contributed by atoms with Crippen LogP contribution in [-0.2, 0) is 4.74 Å². The summed E-state index contributed by atoms with van der Waals surface area (Å²) in [4.78, 5) is 37.0. The molecule has 1 amide bonds. The molecular weight excluding hydrogens is 442 g/mol. The standard InChI is InChI=1S/C24H28ClN5O3/c1-24(2,3)33-23(32)30-15-10-8-14(9-11-15)29-22-19-17(12-26-21(19)27-13-28-22)20(31)16-6-4-5-7-18(16)25/h4-7,12-15H,8-11H2,1-3H3,(H,30,32)(H2,26,27,28,29). The second-order valence-corrected chi connectivity index (χ2v) is 9.70. The van der Waals surface area contributed by atoms with Gasteiger partial charge in [-0.3, -0.25) is 4.79 Å². The van der Waals surface area contributed by atoms with Crippen LogP contribution in [-0.4, -0.2) is 44.5 Å². The molecule has 1 saturated carbocycles. The predicted molar refractivity (Wildman–Crippen MR) is 128 cm³/mol. The van der Waals surface area contributed by atoms with Crippen molar-refractivity contribution in [1.29, 1.82) is 0 Å². The first-order valence-electron chi connectivity index (χ1n) is 11.1. The first-order chi connectivity index (χ1) is 15.7. The molecule has 33 heavy (non-hydrogen) atoms. The lowest BCUT2D eigenvalue weighted by molar-refractivity contribution is 0.0492. The highest BCUT2D eigenvalue weighted by atomic mass is 35.5. The van der Waals surface area contributed by atoms with Crippen molar-refractivity contribution < 1.29 is 14.3 Å². The summed E-state index contributed by atoms with van der Waals surface area (Å²) in [7, 11) is 0. The van der Waals surface area contributed by atoms with Gasteiger partial charge in [0.1, 0.15) is 23.4 Å². The summed E-state index contributed by atoms with van der Waals surface area (Å²) in [6.45, 7) is 5.55. The Kier molecular flexibility index (Phi) is 6.56. The van der Waals surface area contributed by atoms with E-state index >= 15 is 0 Å². The molecule has 9 heteroatoms.